The van der Waals surface area contributed by atoms with Gasteiger partial charge in [-0.1, -0.05) is 39.7 Å². The van der Waals surface area contributed by atoms with Crippen molar-refractivity contribution in [1.82, 2.24) is 0 Å². The molecule has 2 N–H and O–H groups in total. The molecule has 7 heteroatoms. The zero-order valence-corrected chi connectivity index (χ0v) is 16.1. The molecule has 0 radical (unpaired) electrons. The van der Waals surface area contributed by atoms with Crippen molar-refractivity contribution in [3.63, 3.8) is 0 Å². The first-order chi connectivity index (χ1) is 12.9. The summed E-state index contributed by atoms with van der Waals surface area (Å²) in [6.07, 6.45) is 0. The maximum absolute atomic E-state index is 13.2. The Hall–Kier alpha value is -2.70. The van der Waals surface area contributed by atoms with E-state index in [1.54, 1.807) is 42.5 Å². The molecule has 0 unspecified atom stereocenters. The first-order valence-electron chi connectivity index (χ1n) is 7.86. The Morgan fingerprint density at radius 1 is 0.815 bits per heavy atom. The van der Waals surface area contributed by atoms with Crippen molar-refractivity contribution in [3.8, 4) is 0 Å². The van der Waals surface area contributed by atoms with Crippen LogP contribution >= 0.6 is 27.5 Å². The van der Waals surface area contributed by atoms with Gasteiger partial charge < -0.3 is 10.6 Å². The summed E-state index contributed by atoms with van der Waals surface area (Å²) in [7, 11) is 0. The fourth-order valence-electron chi connectivity index (χ4n) is 2.35. The van der Waals surface area contributed by atoms with Gasteiger partial charge in [0.25, 0.3) is 11.8 Å². The minimum absolute atomic E-state index is 0.0807. The molecule has 0 spiro atoms. The van der Waals surface area contributed by atoms with Gasteiger partial charge in [0.15, 0.2) is 0 Å². The second-order valence-corrected chi connectivity index (χ2v) is 6.95. The fourth-order valence-corrected chi connectivity index (χ4v) is 2.93. The van der Waals surface area contributed by atoms with Crippen LogP contribution in [0.3, 0.4) is 0 Å². The van der Waals surface area contributed by atoms with Crippen LogP contribution in [0.4, 0.5) is 15.8 Å². The first kappa shape index (κ1) is 19.1. The van der Waals surface area contributed by atoms with Gasteiger partial charge in [0.2, 0.25) is 0 Å². The largest absolute Gasteiger partial charge is 0.322 e. The Morgan fingerprint density at radius 2 is 1.41 bits per heavy atom. The molecule has 27 heavy (non-hydrogen) atoms. The summed E-state index contributed by atoms with van der Waals surface area (Å²) in [6, 6.07) is 17.4. The number of amides is 2. The van der Waals surface area contributed by atoms with E-state index in [0.717, 1.165) is 4.47 Å². The van der Waals surface area contributed by atoms with E-state index in [0.29, 0.717) is 22.5 Å². The highest BCUT2D eigenvalue weighted by atomic mass is 79.9. The molecule has 0 aromatic heterocycles. The lowest BCUT2D eigenvalue weighted by Crippen LogP contribution is -2.14. The highest BCUT2D eigenvalue weighted by Crippen LogP contribution is 2.21. The Bertz CT molecular complexity index is 1030. The van der Waals surface area contributed by atoms with E-state index in [-0.39, 0.29) is 10.9 Å². The second kappa shape index (κ2) is 8.33. The molecule has 0 fully saturated rings. The van der Waals surface area contributed by atoms with Crippen molar-refractivity contribution >= 4 is 50.7 Å². The number of carbonyl (C=O) groups is 2. The number of rotatable bonds is 4. The Morgan fingerprint density at radius 3 is 2.04 bits per heavy atom. The monoisotopic (exact) mass is 446 g/mol. The first-order valence-corrected chi connectivity index (χ1v) is 9.03. The maximum Gasteiger partial charge on any atom is 0.255 e. The summed E-state index contributed by atoms with van der Waals surface area (Å²) in [6.45, 7) is 0. The third-order valence-corrected chi connectivity index (χ3v) is 4.43. The normalized spacial score (nSPS) is 10.3. The number of hydrogen-bond acceptors (Lipinski definition) is 2. The molecule has 0 aliphatic heterocycles. The fraction of sp³-hybridized carbons (Fsp3) is 0. The van der Waals surface area contributed by atoms with Gasteiger partial charge in [0.05, 0.1) is 5.02 Å². The summed E-state index contributed by atoms with van der Waals surface area (Å²) in [4.78, 5) is 24.7. The molecule has 136 valence electrons. The maximum atomic E-state index is 13.2. The molecule has 0 aliphatic rings. The molecule has 0 bridgehead atoms. The summed E-state index contributed by atoms with van der Waals surface area (Å²) < 4.78 is 14.0. The molecular formula is C20H13BrClFN2O2. The summed E-state index contributed by atoms with van der Waals surface area (Å²) in [5.41, 5.74) is 1.67. The number of hydrogen-bond donors (Lipinski definition) is 2. The van der Waals surface area contributed by atoms with Crippen LogP contribution in [0.1, 0.15) is 20.7 Å². The van der Waals surface area contributed by atoms with E-state index in [9.17, 15) is 14.0 Å². The number of carbonyl (C=O) groups excluding carboxylic acids is 2. The van der Waals surface area contributed by atoms with Gasteiger partial charge in [-0.2, -0.15) is 0 Å². The Kier molecular flexibility index (Phi) is 5.88. The quantitative estimate of drug-likeness (QED) is 0.535. The topological polar surface area (TPSA) is 58.2 Å². The van der Waals surface area contributed by atoms with Crippen molar-refractivity contribution < 1.29 is 14.0 Å². The van der Waals surface area contributed by atoms with Gasteiger partial charge in [0.1, 0.15) is 5.82 Å². The van der Waals surface area contributed by atoms with Gasteiger partial charge in [-0.15, -0.1) is 0 Å². The second-order valence-electron chi connectivity index (χ2n) is 5.63. The van der Waals surface area contributed by atoms with Crippen molar-refractivity contribution in [1.29, 1.82) is 0 Å². The predicted molar refractivity (Wildman–Crippen MR) is 108 cm³/mol. The summed E-state index contributed by atoms with van der Waals surface area (Å²) in [5.74, 6) is -1.26. The van der Waals surface area contributed by atoms with Crippen LogP contribution in [0, 0.1) is 5.82 Å². The van der Waals surface area contributed by atoms with Gasteiger partial charge in [-0.05, 0) is 54.6 Å². The molecular weight excluding hydrogens is 435 g/mol. The van der Waals surface area contributed by atoms with E-state index < -0.39 is 11.7 Å². The van der Waals surface area contributed by atoms with Crippen LogP contribution in [0.15, 0.2) is 71.2 Å². The van der Waals surface area contributed by atoms with Gasteiger partial charge in [-0.25, -0.2) is 4.39 Å². The molecule has 0 saturated heterocycles. The third kappa shape index (κ3) is 4.93. The summed E-state index contributed by atoms with van der Waals surface area (Å²) >= 11 is 9.04. The van der Waals surface area contributed by atoms with Gasteiger partial charge in [0, 0.05) is 27.0 Å². The van der Waals surface area contributed by atoms with E-state index in [1.807, 2.05) is 6.07 Å². The predicted octanol–water partition coefficient (Wildman–Crippen LogP) is 5.75. The lowest BCUT2D eigenvalue weighted by molar-refractivity contribution is 0.101. The molecule has 3 aromatic carbocycles. The summed E-state index contributed by atoms with van der Waals surface area (Å²) in [5, 5.41) is 5.31. The van der Waals surface area contributed by atoms with Gasteiger partial charge >= 0.3 is 0 Å². The molecule has 0 heterocycles. The molecule has 0 atom stereocenters. The lowest BCUT2D eigenvalue weighted by atomic mass is 10.1. The number of benzene rings is 3. The minimum atomic E-state index is -0.563. The molecule has 0 aliphatic carbocycles. The smallest absolute Gasteiger partial charge is 0.255 e. The SMILES string of the molecule is O=C(Nc1cccc(C(=O)Nc2ccc(F)c(Cl)c2)c1)c1cccc(Br)c1. The molecule has 2 amide bonds. The molecule has 4 nitrogen and oxygen atoms in total. The van der Waals surface area contributed by atoms with E-state index >= 15 is 0 Å². The van der Waals surface area contributed by atoms with Crippen molar-refractivity contribution in [2.45, 2.75) is 0 Å². The molecule has 3 rings (SSSR count). The third-order valence-electron chi connectivity index (χ3n) is 3.65. The van der Waals surface area contributed by atoms with Crippen LogP contribution in [-0.2, 0) is 0 Å². The van der Waals surface area contributed by atoms with Crippen LogP contribution in [0.5, 0.6) is 0 Å². The standard InChI is InChI=1S/C20H13BrClFN2O2/c21-14-5-1-3-12(9-14)19(26)24-15-6-2-4-13(10-15)20(27)25-16-7-8-18(23)17(22)11-16/h1-11H,(H,24,26)(H,25,27). The lowest BCUT2D eigenvalue weighted by Gasteiger charge is -2.09. The van der Waals surface area contributed by atoms with Crippen LogP contribution in [0.25, 0.3) is 0 Å². The highest BCUT2D eigenvalue weighted by Gasteiger charge is 2.11. The van der Waals surface area contributed by atoms with Crippen molar-refractivity contribution in [2.75, 3.05) is 10.6 Å². The number of anilines is 2. The Labute approximate surface area is 168 Å². The van der Waals surface area contributed by atoms with Crippen LogP contribution < -0.4 is 10.6 Å². The zero-order valence-electron chi connectivity index (χ0n) is 13.8. The average molecular weight is 448 g/mol. The van der Waals surface area contributed by atoms with Crippen molar-refractivity contribution in [2.24, 2.45) is 0 Å². The molecule has 0 saturated carbocycles. The Balaban J connectivity index is 1.73. The number of halogens is 3. The minimum Gasteiger partial charge on any atom is -0.322 e. The zero-order chi connectivity index (χ0) is 19.4. The van der Waals surface area contributed by atoms with Crippen LogP contribution in [0.2, 0.25) is 5.02 Å². The van der Waals surface area contributed by atoms with E-state index in [4.69, 9.17) is 11.6 Å². The highest BCUT2D eigenvalue weighted by molar-refractivity contribution is 9.10. The van der Waals surface area contributed by atoms with Crippen molar-refractivity contribution in [3.05, 3.63) is 93.2 Å². The van der Waals surface area contributed by atoms with E-state index in [1.165, 1.54) is 18.2 Å². The molecule has 3 aromatic rings. The van der Waals surface area contributed by atoms with Gasteiger partial charge in [-0.3, -0.25) is 9.59 Å². The average Bonchev–Trinajstić information content (AvgIpc) is 2.65. The van der Waals surface area contributed by atoms with Crippen LogP contribution in [-0.4, -0.2) is 11.8 Å². The number of nitrogens with one attached hydrogen (secondary N) is 2. The van der Waals surface area contributed by atoms with E-state index in [2.05, 4.69) is 26.6 Å².